The minimum Gasteiger partial charge on any atom is -0.455 e. The molecule has 0 radical (unpaired) electrons. The fourth-order valence-corrected chi connectivity index (χ4v) is 4.32. The Kier molecular flexibility index (Phi) is 7.80. The Bertz CT molecular complexity index is 1070. The summed E-state index contributed by atoms with van der Waals surface area (Å²) >= 11 is 14.0. The second-order valence-corrected chi connectivity index (χ2v) is 8.12. The summed E-state index contributed by atoms with van der Waals surface area (Å²) < 4.78 is 6.10. The first-order valence-corrected chi connectivity index (χ1v) is 11.0. The van der Waals surface area contributed by atoms with Crippen molar-refractivity contribution in [2.24, 2.45) is 5.73 Å². The van der Waals surface area contributed by atoms with Crippen molar-refractivity contribution in [3.05, 3.63) is 87.7 Å². The number of rotatable bonds is 8. The van der Waals surface area contributed by atoms with E-state index in [1.807, 2.05) is 36.4 Å². The first-order valence-electron chi connectivity index (χ1n) is 9.28. The van der Waals surface area contributed by atoms with E-state index in [2.05, 4.69) is 11.9 Å². The van der Waals surface area contributed by atoms with Crippen LogP contribution < -0.4 is 10.5 Å². The van der Waals surface area contributed by atoms with Gasteiger partial charge in [0.15, 0.2) is 5.75 Å². The summed E-state index contributed by atoms with van der Waals surface area (Å²) in [6.45, 7) is 2.06. The predicted octanol–water partition coefficient (Wildman–Crippen LogP) is 6.53. The number of pyridine rings is 1. The van der Waals surface area contributed by atoms with Crippen LogP contribution in [0.4, 0.5) is 0 Å². The Morgan fingerprint density at radius 2 is 1.80 bits per heavy atom. The molecule has 1 aromatic heterocycles. The predicted molar refractivity (Wildman–Crippen MR) is 124 cm³/mol. The second kappa shape index (κ2) is 10.5. The molecule has 2 aromatic carbocycles. The lowest BCUT2D eigenvalue weighted by Crippen LogP contribution is -2.05. The van der Waals surface area contributed by atoms with Gasteiger partial charge in [0.1, 0.15) is 11.4 Å². The number of hydrogen-bond donors (Lipinski definition) is 1. The molecule has 4 nitrogen and oxygen atoms in total. The van der Waals surface area contributed by atoms with Crippen LogP contribution in [0.15, 0.2) is 65.6 Å². The van der Waals surface area contributed by atoms with E-state index in [4.69, 9.17) is 33.7 Å². The normalized spacial score (nSPS) is 11.0. The molecule has 30 heavy (non-hydrogen) atoms. The van der Waals surface area contributed by atoms with Crippen LogP contribution in [0.5, 0.6) is 11.5 Å². The zero-order chi connectivity index (χ0) is 21.5. The summed E-state index contributed by atoms with van der Waals surface area (Å²) in [7, 11) is 0. The highest BCUT2D eigenvalue weighted by Gasteiger charge is 2.11. The maximum Gasteiger partial charge on any atom is 0.241 e. The molecular formula is C23H20Cl2N2O2S. The lowest BCUT2D eigenvalue weighted by molar-refractivity contribution is -0.113. The number of para-hydroxylation sites is 1. The van der Waals surface area contributed by atoms with E-state index >= 15 is 0 Å². The molecular weight excluding hydrogens is 439 g/mol. The molecule has 154 valence electrons. The highest BCUT2D eigenvalue weighted by Crippen LogP contribution is 2.36. The third-order valence-electron chi connectivity index (χ3n) is 4.21. The summed E-state index contributed by atoms with van der Waals surface area (Å²) in [6, 6.07) is 16.9. The van der Waals surface area contributed by atoms with Gasteiger partial charge in [0.25, 0.3) is 0 Å². The van der Waals surface area contributed by atoms with E-state index < -0.39 is 5.91 Å². The van der Waals surface area contributed by atoms with E-state index in [9.17, 15) is 4.79 Å². The van der Waals surface area contributed by atoms with Crippen LogP contribution in [0.2, 0.25) is 10.0 Å². The average molecular weight is 459 g/mol. The molecule has 0 unspecified atom stereocenters. The Hall–Kier alpha value is -2.47. The van der Waals surface area contributed by atoms with Crippen molar-refractivity contribution in [2.45, 2.75) is 24.0 Å². The highest BCUT2D eigenvalue weighted by atomic mass is 35.5. The molecule has 0 bridgehead atoms. The van der Waals surface area contributed by atoms with E-state index in [0.717, 1.165) is 28.3 Å². The molecule has 0 fully saturated rings. The molecule has 7 heteroatoms. The third kappa shape index (κ3) is 5.79. The first-order chi connectivity index (χ1) is 14.5. The number of hydrogen-bond acceptors (Lipinski definition) is 4. The number of aryl methyl sites for hydroxylation is 1. The maximum atomic E-state index is 11.2. The smallest absolute Gasteiger partial charge is 0.241 e. The van der Waals surface area contributed by atoms with Crippen molar-refractivity contribution in [1.82, 2.24) is 4.98 Å². The van der Waals surface area contributed by atoms with Crippen LogP contribution >= 0.6 is 35.0 Å². The molecule has 0 spiro atoms. The zero-order valence-electron chi connectivity index (χ0n) is 16.3. The number of primary amides is 1. The second-order valence-electron chi connectivity index (χ2n) is 6.32. The van der Waals surface area contributed by atoms with Gasteiger partial charge in [-0.25, -0.2) is 4.98 Å². The van der Waals surface area contributed by atoms with Gasteiger partial charge in [-0.15, -0.1) is 11.8 Å². The van der Waals surface area contributed by atoms with Gasteiger partial charge in [-0.2, -0.15) is 0 Å². The van der Waals surface area contributed by atoms with Gasteiger partial charge < -0.3 is 10.5 Å². The number of carbonyl (C=O) groups is 1. The quantitative estimate of drug-likeness (QED) is 0.307. The Morgan fingerprint density at radius 3 is 2.50 bits per heavy atom. The Morgan fingerprint density at radius 1 is 1.07 bits per heavy atom. The number of aromatic nitrogens is 1. The van der Waals surface area contributed by atoms with Crippen LogP contribution in [0.3, 0.4) is 0 Å². The highest BCUT2D eigenvalue weighted by molar-refractivity contribution is 7.98. The first kappa shape index (κ1) is 22.2. The number of halogens is 2. The van der Waals surface area contributed by atoms with E-state index in [1.165, 1.54) is 17.8 Å². The summed E-state index contributed by atoms with van der Waals surface area (Å²) in [5, 5.41) is 1.19. The largest absolute Gasteiger partial charge is 0.455 e. The van der Waals surface area contributed by atoms with Gasteiger partial charge in [-0.05, 0) is 48.4 Å². The summed E-state index contributed by atoms with van der Waals surface area (Å²) in [6.07, 6.45) is 3.66. The molecule has 2 N–H and O–H groups in total. The van der Waals surface area contributed by atoms with Crippen LogP contribution in [-0.4, -0.2) is 10.9 Å². The van der Waals surface area contributed by atoms with Gasteiger partial charge in [-0.1, -0.05) is 54.4 Å². The summed E-state index contributed by atoms with van der Waals surface area (Å²) in [4.78, 5) is 16.7. The number of benzene rings is 2. The average Bonchev–Trinajstić information content (AvgIpc) is 2.73. The number of nitrogens with two attached hydrogens (primary N) is 1. The molecule has 1 amide bonds. The number of amides is 1. The van der Waals surface area contributed by atoms with Crippen molar-refractivity contribution in [3.8, 4) is 11.5 Å². The van der Waals surface area contributed by atoms with Gasteiger partial charge in [0, 0.05) is 16.7 Å². The van der Waals surface area contributed by atoms with Gasteiger partial charge in [0.2, 0.25) is 5.91 Å². The van der Waals surface area contributed by atoms with Crippen molar-refractivity contribution in [2.75, 3.05) is 0 Å². The SMILES string of the molecule is CCc1ccccc1Oc1ccc(CSc2c(Cl)cccc2Cl)nc1C=CC(N)=O. The number of ether oxygens (including phenoxy) is 1. The lowest BCUT2D eigenvalue weighted by Gasteiger charge is -2.13. The Balaban J connectivity index is 1.88. The van der Waals surface area contributed by atoms with E-state index in [1.54, 1.807) is 24.3 Å². The molecule has 0 aliphatic rings. The van der Waals surface area contributed by atoms with Gasteiger partial charge >= 0.3 is 0 Å². The summed E-state index contributed by atoms with van der Waals surface area (Å²) in [5.74, 6) is 1.28. The van der Waals surface area contributed by atoms with E-state index in [-0.39, 0.29) is 0 Å². The topological polar surface area (TPSA) is 65.2 Å². The van der Waals surface area contributed by atoms with Crippen LogP contribution in [0.1, 0.15) is 23.9 Å². The van der Waals surface area contributed by atoms with Crippen LogP contribution in [0.25, 0.3) is 6.08 Å². The third-order valence-corrected chi connectivity index (χ3v) is 6.23. The molecule has 0 aliphatic heterocycles. The fourth-order valence-electron chi connectivity index (χ4n) is 2.73. The van der Waals surface area contributed by atoms with Crippen molar-refractivity contribution in [1.29, 1.82) is 0 Å². The van der Waals surface area contributed by atoms with Crippen molar-refractivity contribution >= 4 is 46.9 Å². The number of carbonyl (C=O) groups excluding carboxylic acids is 1. The Labute approximate surface area is 190 Å². The molecule has 3 rings (SSSR count). The zero-order valence-corrected chi connectivity index (χ0v) is 18.6. The number of nitrogens with zero attached hydrogens (tertiary/aromatic N) is 1. The molecule has 0 atom stereocenters. The summed E-state index contributed by atoms with van der Waals surface area (Å²) in [5.41, 5.74) is 7.65. The minimum atomic E-state index is -0.556. The minimum absolute atomic E-state index is 0.517. The molecule has 1 heterocycles. The molecule has 3 aromatic rings. The maximum absolute atomic E-state index is 11.2. The van der Waals surface area contributed by atoms with Crippen LogP contribution in [-0.2, 0) is 17.0 Å². The molecule has 0 saturated heterocycles. The van der Waals surface area contributed by atoms with Gasteiger partial charge in [0.05, 0.1) is 15.7 Å². The number of thioether (sulfide) groups is 1. The van der Waals surface area contributed by atoms with Crippen LogP contribution in [0, 0.1) is 0 Å². The standard InChI is InChI=1S/C23H20Cl2N2O2S/c1-2-15-6-3-4-9-20(15)29-21-12-10-16(27-19(21)11-13-22(26)28)14-30-23-17(24)7-5-8-18(23)25/h3-13H,2,14H2,1H3,(H2,26,28). The molecule has 0 aliphatic carbocycles. The molecule has 0 saturated carbocycles. The van der Waals surface area contributed by atoms with Crippen molar-refractivity contribution in [3.63, 3.8) is 0 Å². The fraction of sp³-hybridized carbons (Fsp3) is 0.130. The van der Waals surface area contributed by atoms with Gasteiger partial charge in [-0.3, -0.25) is 4.79 Å². The lowest BCUT2D eigenvalue weighted by atomic mass is 10.1. The van der Waals surface area contributed by atoms with Crippen molar-refractivity contribution < 1.29 is 9.53 Å². The van der Waals surface area contributed by atoms with E-state index in [0.29, 0.717) is 27.2 Å². The monoisotopic (exact) mass is 458 g/mol.